The highest BCUT2D eigenvalue weighted by Crippen LogP contribution is 2.69. The molecule has 3 fully saturated rings. The van der Waals surface area contributed by atoms with Crippen LogP contribution in [0.15, 0.2) is 91.0 Å². The van der Waals surface area contributed by atoms with Crippen LogP contribution in [0.3, 0.4) is 0 Å². The van der Waals surface area contributed by atoms with Gasteiger partial charge < -0.3 is 33.9 Å². The van der Waals surface area contributed by atoms with E-state index in [9.17, 15) is 29.4 Å². The molecule has 2 aliphatic carbocycles. The molecular weight excluding hydrogens is 632 g/mol. The number of carbonyl (C=O) groups is 4. The predicted octanol–water partition coefficient (Wildman–Crippen LogP) is 4.29. The fraction of sp³-hybridized carbons (Fsp3) is 0.421. The van der Waals surface area contributed by atoms with Gasteiger partial charge in [0.2, 0.25) is 0 Å². The van der Waals surface area contributed by atoms with E-state index in [0.29, 0.717) is 0 Å². The van der Waals surface area contributed by atoms with Crippen LogP contribution in [0, 0.1) is 11.3 Å². The molecule has 5 unspecified atom stereocenters. The second-order valence-electron chi connectivity index (χ2n) is 13.9. The lowest BCUT2D eigenvalue weighted by molar-refractivity contribution is -0.349. The van der Waals surface area contributed by atoms with Gasteiger partial charge in [0.25, 0.3) is 0 Å². The zero-order chi connectivity index (χ0) is 35.4. The van der Waals surface area contributed by atoms with Gasteiger partial charge in [-0.3, -0.25) is 4.79 Å². The van der Waals surface area contributed by atoms with Gasteiger partial charge in [-0.2, -0.15) is 0 Å². The lowest BCUT2D eigenvalue weighted by Gasteiger charge is -2.65. The summed E-state index contributed by atoms with van der Waals surface area (Å²) >= 11 is 0. The van der Waals surface area contributed by atoms with Crippen molar-refractivity contribution in [1.82, 2.24) is 0 Å². The minimum absolute atomic E-state index is 0.170. The summed E-state index contributed by atoms with van der Waals surface area (Å²) in [5.41, 5.74) is -6.61. The smallest absolute Gasteiger partial charge is 0.338 e. The van der Waals surface area contributed by atoms with Crippen molar-refractivity contribution in [1.29, 1.82) is 0 Å². The van der Waals surface area contributed by atoms with Gasteiger partial charge in [-0.05, 0) is 64.1 Å². The molecule has 11 nitrogen and oxygen atoms in total. The Labute approximate surface area is 284 Å². The maximum atomic E-state index is 13.9. The van der Waals surface area contributed by atoms with Crippen LogP contribution in [-0.4, -0.2) is 81.4 Å². The number of carbonyl (C=O) groups excluding carboxylic acids is 4. The highest BCUT2D eigenvalue weighted by molar-refractivity contribution is 5.91. The Balaban J connectivity index is 1.56. The molecule has 0 amide bonds. The van der Waals surface area contributed by atoms with Crippen LogP contribution in [0.1, 0.15) is 72.1 Å². The van der Waals surface area contributed by atoms with E-state index in [1.807, 2.05) is 0 Å². The van der Waals surface area contributed by atoms with Crippen LogP contribution in [0.2, 0.25) is 0 Å². The normalized spacial score (nSPS) is 34.2. The first kappa shape index (κ1) is 34.3. The zero-order valence-corrected chi connectivity index (χ0v) is 27.9. The van der Waals surface area contributed by atoms with Gasteiger partial charge in [0.1, 0.15) is 30.0 Å². The summed E-state index contributed by atoms with van der Waals surface area (Å²) in [7, 11) is 0. The predicted molar refractivity (Wildman–Crippen MR) is 173 cm³/mol. The summed E-state index contributed by atoms with van der Waals surface area (Å²) in [6.07, 6.45) is -7.64. The standard InChI is InChI=1S/C38H40O11/c1-22(39)45-31-28(40)27-30(48-34(43)25-19-13-8-14-20-25)38(49-35(27,2)3)36(4,44)21-26(46-32(41)23-15-9-6-10-16-23)29(37(31,38)5)47-33(42)24-17-11-7-12-18-24/h6-20,26-31,40,44H,21H2,1-5H3/t26?,27-,28?,29?,30?,31?,36-,37+,38+/m1/s1. The zero-order valence-electron chi connectivity index (χ0n) is 27.9. The van der Waals surface area contributed by atoms with E-state index in [-0.39, 0.29) is 23.1 Å². The summed E-state index contributed by atoms with van der Waals surface area (Å²) in [6.45, 7) is 7.51. The maximum Gasteiger partial charge on any atom is 0.338 e. The van der Waals surface area contributed by atoms with E-state index >= 15 is 0 Å². The number of hydrogen-bond acceptors (Lipinski definition) is 11. The topological polar surface area (TPSA) is 155 Å². The number of benzene rings is 3. The van der Waals surface area contributed by atoms with Crippen molar-refractivity contribution in [3.05, 3.63) is 108 Å². The SMILES string of the molecule is CC(=O)OC1C(O)[C@@H]2C(OC(=O)c3ccccc3)[C@@]3(OC2(C)C)[C@@]1(C)C(OC(=O)c1ccccc1)C(OC(=O)c1ccccc1)C[C@@]3(C)O. The van der Waals surface area contributed by atoms with Crippen LogP contribution >= 0.6 is 0 Å². The van der Waals surface area contributed by atoms with E-state index in [4.69, 9.17) is 23.7 Å². The van der Waals surface area contributed by atoms with Crippen molar-refractivity contribution in [3.63, 3.8) is 0 Å². The molecule has 0 aromatic heterocycles. The Morgan fingerprint density at radius 2 is 1.08 bits per heavy atom. The van der Waals surface area contributed by atoms with Crippen LogP contribution in [0.5, 0.6) is 0 Å². The van der Waals surface area contributed by atoms with E-state index in [1.54, 1.807) is 105 Å². The molecule has 1 saturated heterocycles. The molecule has 2 N–H and O–H groups in total. The van der Waals surface area contributed by atoms with Crippen molar-refractivity contribution in [2.45, 2.75) is 88.4 Å². The van der Waals surface area contributed by atoms with Gasteiger partial charge in [0.05, 0.1) is 39.2 Å². The highest BCUT2D eigenvalue weighted by Gasteiger charge is 2.86. The fourth-order valence-electron chi connectivity index (χ4n) is 8.45. The number of ether oxygens (including phenoxy) is 5. The van der Waals surface area contributed by atoms with E-state index in [0.717, 1.165) is 6.92 Å². The third kappa shape index (κ3) is 5.50. The summed E-state index contributed by atoms with van der Waals surface area (Å²) in [6, 6.07) is 24.5. The number of rotatable bonds is 7. The Kier molecular flexibility index (Phi) is 8.67. The number of esters is 4. The molecule has 11 heteroatoms. The average Bonchev–Trinajstić information content (AvgIpc) is 3.29. The first-order valence-corrected chi connectivity index (χ1v) is 16.2. The second kappa shape index (κ2) is 12.4. The molecule has 0 radical (unpaired) electrons. The Morgan fingerprint density at radius 3 is 1.53 bits per heavy atom. The van der Waals surface area contributed by atoms with Crippen LogP contribution in [-0.2, 0) is 28.5 Å². The molecule has 1 aliphatic heterocycles. The molecule has 258 valence electrons. The first-order chi connectivity index (χ1) is 23.1. The highest BCUT2D eigenvalue weighted by atomic mass is 16.6. The molecule has 3 aromatic rings. The molecule has 49 heavy (non-hydrogen) atoms. The van der Waals surface area contributed by atoms with Gasteiger partial charge in [-0.25, -0.2) is 14.4 Å². The lowest BCUT2D eigenvalue weighted by atomic mass is 9.46. The molecule has 1 spiro atoms. The third-order valence-electron chi connectivity index (χ3n) is 10.4. The number of hydrogen-bond donors (Lipinski definition) is 2. The number of fused-ring (bicyclic) bond motifs is 1. The van der Waals surface area contributed by atoms with Crippen molar-refractivity contribution in [3.8, 4) is 0 Å². The largest absolute Gasteiger partial charge is 0.459 e. The Hall–Kier alpha value is -4.58. The fourth-order valence-corrected chi connectivity index (χ4v) is 8.45. The summed E-state index contributed by atoms with van der Waals surface area (Å²) in [5.74, 6) is -4.12. The van der Waals surface area contributed by atoms with Crippen molar-refractivity contribution < 1.29 is 53.1 Å². The Morgan fingerprint density at radius 1 is 0.653 bits per heavy atom. The quantitative estimate of drug-likeness (QED) is 0.273. The lowest BCUT2D eigenvalue weighted by Crippen LogP contribution is -2.83. The summed E-state index contributed by atoms with van der Waals surface area (Å²) < 4.78 is 31.3. The number of aliphatic hydroxyl groups is 2. The van der Waals surface area contributed by atoms with Gasteiger partial charge in [0, 0.05) is 13.3 Å². The second-order valence-corrected chi connectivity index (χ2v) is 13.9. The molecule has 1 heterocycles. The summed E-state index contributed by atoms with van der Waals surface area (Å²) in [4.78, 5) is 53.9. The minimum atomic E-state index is -2.01. The molecule has 3 aliphatic rings. The van der Waals surface area contributed by atoms with Crippen molar-refractivity contribution >= 4 is 23.9 Å². The van der Waals surface area contributed by atoms with Gasteiger partial charge in [-0.1, -0.05) is 54.6 Å². The first-order valence-electron chi connectivity index (χ1n) is 16.2. The number of aliphatic hydroxyl groups excluding tert-OH is 1. The van der Waals surface area contributed by atoms with Crippen LogP contribution < -0.4 is 0 Å². The van der Waals surface area contributed by atoms with Crippen molar-refractivity contribution in [2.75, 3.05) is 0 Å². The molecule has 3 aromatic carbocycles. The van der Waals surface area contributed by atoms with Gasteiger partial charge in [0.15, 0.2) is 6.10 Å². The van der Waals surface area contributed by atoms with E-state index < -0.39 is 82.5 Å². The molecule has 2 saturated carbocycles. The Bertz CT molecular complexity index is 1720. The summed E-state index contributed by atoms with van der Waals surface area (Å²) in [5, 5.41) is 24.9. The molecule has 6 rings (SSSR count). The van der Waals surface area contributed by atoms with Crippen LogP contribution in [0.25, 0.3) is 0 Å². The van der Waals surface area contributed by atoms with E-state index in [2.05, 4.69) is 0 Å². The van der Waals surface area contributed by atoms with Gasteiger partial charge in [-0.15, -0.1) is 0 Å². The minimum Gasteiger partial charge on any atom is -0.459 e. The monoisotopic (exact) mass is 672 g/mol. The third-order valence-corrected chi connectivity index (χ3v) is 10.4. The van der Waals surface area contributed by atoms with E-state index in [1.165, 1.54) is 13.8 Å². The maximum absolute atomic E-state index is 13.9. The van der Waals surface area contributed by atoms with Crippen molar-refractivity contribution in [2.24, 2.45) is 11.3 Å². The molecular formula is C38H40O11. The average molecular weight is 673 g/mol. The molecule has 2 bridgehead atoms. The van der Waals surface area contributed by atoms with Gasteiger partial charge >= 0.3 is 23.9 Å². The molecule has 9 atom stereocenters. The van der Waals surface area contributed by atoms with Crippen LogP contribution in [0.4, 0.5) is 0 Å².